The average Bonchev–Trinajstić information content (AvgIpc) is 3.04. The van der Waals surface area contributed by atoms with Crippen LogP contribution < -0.4 is 4.74 Å². The van der Waals surface area contributed by atoms with E-state index in [1.807, 2.05) is 6.07 Å². The molecule has 1 aliphatic rings. The van der Waals surface area contributed by atoms with E-state index < -0.39 is 15.7 Å². The van der Waals surface area contributed by atoms with E-state index in [0.717, 1.165) is 12.1 Å². The number of fused-ring (bicyclic) bond motifs is 1. The monoisotopic (exact) mass is 604 g/mol. The maximum atomic E-state index is 13.5. The molecular weight excluding hydrogens is 593 g/mol. The van der Waals surface area contributed by atoms with Gasteiger partial charge in [-0.05, 0) is 18.2 Å². The summed E-state index contributed by atoms with van der Waals surface area (Å²) in [5.74, 6) is -0.127. The standard InChI is InChI=1S/C17H11F2NO3S.Fm/c18-10-24(21,22)17-5-4-16(14-2-1-3-15(14)17)23-13-7-11(9-20)6-12(19)8-13;/h3-8,10H,1-2H2;/q-2;. The minimum absolute atomic E-state index is 0. The molecule has 3 rings (SSSR count). The second-order valence-corrected chi connectivity index (χ2v) is 6.93. The largest absolute Gasteiger partial charge is 0.470 e. The molecule has 1 aliphatic carbocycles. The summed E-state index contributed by atoms with van der Waals surface area (Å²) in [6.45, 7) is 0. The molecule has 0 heterocycles. The van der Waals surface area contributed by atoms with Crippen LogP contribution >= 0.6 is 0 Å². The van der Waals surface area contributed by atoms with Gasteiger partial charge in [0.15, 0.2) is 0 Å². The van der Waals surface area contributed by atoms with Gasteiger partial charge in [-0.2, -0.15) is 17.2 Å². The van der Waals surface area contributed by atoms with Crippen LogP contribution in [0.15, 0.2) is 35.2 Å². The van der Waals surface area contributed by atoms with Crippen LogP contribution in [-0.4, -0.2) is 8.42 Å². The van der Waals surface area contributed by atoms with Crippen molar-refractivity contribution in [3.05, 3.63) is 65.3 Å². The Hall–Kier alpha value is -3.59. The van der Waals surface area contributed by atoms with Gasteiger partial charge in [0.05, 0.1) is 17.4 Å². The van der Waals surface area contributed by atoms with Crippen molar-refractivity contribution in [3.8, 4) is 17.6 Å². The minimum atomic E-state index is -4.11. The van der Waals surface area contributed by atoms with Crippen LogP contribution in [0.1, 0.15) is 23.1 Å². The van der Waals surface area contributed by atoms with Gasteiger partial charge in [-0.25, -0.2) is 4.39 Å². The number of halogens is 2. The molecule has 2 aromatic carbocycles. The van der Waals surface area contributed by atoms with E-state index in [9.17, 15) is 17.2 Å². The Morgan fingerprint density at radius 2 is 2.04 bits per heavy atom. The first-order valence-corrected chi connectivity index (χ1v) is 8.55. The van der Waals surface area contributed by atoms with E-state index in [2.05, 4.69) is 0 Å². The summed E-state index contributed by atoms with van der Waals surface area (Å²) in [6.07, 6.45) is 2.82. The first-order valence-electron chi connectivity index (χ1n) is 7.01. The van der Waals surface area contributed by atoms with E-state index in [4.69, 9.17) is 10.00 Å². The first kappa shape index (κ1) is 17.8. The first-order chi connectivity index (χ1) is 11.4. The van der Waals surface area contributed by atoms with Crippen molar-refractivity contribution in [1.29, 1.82) is 5.26 Å². The van der Waals surface area contributed by atoms with Crippen molar-refractivity contribution in [2.75, 3.05) is 0 Å². The second kappa shape index (κ2) is 6.49. The van der Waals surface area contributed by atoms with E-state index in [-0.39, 0.29) is 22.2 Å². The van der Waals surface area contributed by atoms with Crippen molar-refractivity contribution in [2.24, 2.45) is 0 Å². The Kier molecular flexibility index (Phi) is 4.61. The molecule has 0 saturated heterocycles. The molecule has 4 nitrogen and oxygen atoms in total. The predicted molar refractivity (Wildman–Crippen MR) is 81.9 cm³/mol. The maximum Gasteiger partial charge on any atom is 0.130 e. The Bertz CT molecular complexity index is 955. The summed E-state index contributed by atoms with van der Waals surface area (Å²) < 4.78 is 55.4. The molecule has 136 valence electrons. The van der Waals surface area contributed by atoms with Gasteiger partial charge in [-0.1, -0.05) is 29.8 Å². The zero-order valence-electron chi connectivity index (χ0n) is 12.6. The van der Waals surface area contributed by atoms with E-state index in [1.54, 1.807) is 6.42 Å². The molecule has 0 unspecified atom stereocenters. The number of benzene rings is 2. The molecule has 0 spiro atoms. The van der Waals surface area contributed by atoms with E-state index >= 15 is 0 Å². The van der Waals surface area contributed by atoms with Gasteiger partial charge in [0.25, 0.3) is 0 Å². The van der Waals surface area contributed by atoms with Gasteiger partial charge in [0.1, 0.15) is 11.6 Å². The third-order valence-corrected chi connectivity index (χ3v) is 4.87. The van der Waals surface area contributed by atoms with Gasteiger partial charge >= 0.3 is 0 Å². The van der Waals surface area contributed by atoms with Crippen LogP contribution in [0.5, 0.6) is 11.5 Å². The van der Waals surface area contributed by atoms with Crippen LogP contribution in [0.4, 0.5) is 8.78 Å². The molecule has 0 bridgehead atoms. The number of sulfone groups is 1. The Labute approximate surface area is 138 Å². The Morgan fingerprint density at radius 1 is 1.28 bits per heavy atom. The molecule has 0 fully saturated rings. The zero-order valence-corrected chi connectivity index (χ0v) is 15.8. The number of ether oxygens (including phenoxy) is 1. The third-order valence-electron chi connectivity index (χ3n) is 3.67. The smallest absolute Gasteiger partial charge is 0.130 e. The SMILES string of the molecule is N#Cc1cc(F)cc(Oc2ccc(S(=O)(=O)[CH-]F)c3c2CC[CH-]3)c1.[Fm]. The zero-order chi connectivity index (χ0) is 17.3. The summed E-state index contributed by atoms with van der Waals surface area (Å²) in [4.78, 5) is -0.123. The molecule has 0 N–H and O–H groups in total. The van der Waals surface area contributed by atoms with Gasteiger partial charge in [0, 0.05) is 15.9 Å². The van der Waals surface area contributed by atoms with Crippen LogP contribution in [0.3, 0.4) is 0 Å². The summed E-state index contributed by atoms with van der Waals surface area (Å²) >= 11 is 0. The molecule has 0 aromatic heterocycles. The van der Waals surface area contributed by atoms with Gasteiger partial charge in [-0.3, -0.25) is 8.42 Å². The predicted octanol–water partition coefficient (Wildman–Crippen LogP) is 3.85. The molecule has 0 amide bonds. The Morgan fingerprint density at radius 3 is 2.72 bits per heavy atom. The number of hydrogen-bond acceptors (Lipinski definition) is 4. The minimum Gasteiger partial charge on any atom is -0.470 e. The number of nitriles is 1. The van der Waals surface area contributed by atoms with Gasteiger partial charge in [0.2, 0.25) is 0 Å². The molecule has 0 atom stereocenters. The molecule has 0 aliphatic heterocycles. The normalized spacial score (nSPS) is 12.5. The van der Waals surface area contributed by atoms with Gasteiger partial charge in [-0.15, -0.1) is 5.56 Å². The van der Waals surface area contributed by atoms with Crippen molar-refractivity contribution < 1.29 is 21.9 Å². The number of rotatable bonds is 4. The maximum absolute atomic E-state index is 13.5. The van der Waals surface area contributed by atoms with Crippen LogP contribution in [0.25, 0.3) is 0 Å². The van der Waals surface area contributed by atoms with Crippen molar-refractivity contribution in [2.45, 2.75) is 17.7 Å². The number of nitrogens with zero attached hydrogens (tertiary/aromatic N) is 1. The van der Waals surface area contributed by atoms with E-state index in [0.29, 0.717) is 29.7 Å². The summed E-state index contributed by atoms with van der Waals surface area (Å²) in [5, 5.41) is 8.88. The van der Waals surface area contributed by atoms with Crippen LogP contribution in [0, 0.1) is 29.6 Å². The molecular formula is C17H11F2FmNO3S-2. The summed E-state index contributed by atoms with van der Waals surface area (Å²) in [5.41, 5.74) is 1.12. The topological polar surface area (TPSA) is 67.2 Å². The Balaban J connectivity index is 0.00000225. The quantitative estimate of drug-likeness (QED) is 0.498. The molecule has 25 heavy (non-hydrogen) atoms. The summed E-state index contributed by atoms with van der Waals surface area (Å²) in [7, 11) is -4.11. The van der Waals surface area contributed by atoms with Gasteiger partial charge < -0.3 is 9.13 Å². The third kappa shape index (κ3) is 3.21. The van der Waals surface area contributed by atoms with Crippen molar-refractivity contribution in [3.63, 3.8) is 0 Å². The fourth-order valence-corrected chi connectivity index (χ4v) is 3.54. The van der Waals surface area contributed by atoms with E-state index in [1.165, 1.54) is 18.2 Å². The molecule has 8 heteroatoms. The molecule has 0 radical (unpaired) electrons. The van der Waals surface area contributed by atoms with Crippen LogP contribution in [0.2, 0.25) is 0 Å². The summed E-state index contributed by atoms with van der Waals surface area (Å²) in [6, 6.07) is 7.76. The molecule has 0 saturated carbocycles. The van der Waals surface area contributed by atoms with Crippen molar-refractivity contribution in [1.82, 2.24) is 0 Å². The van der Waals surface area contributed by atoms with Crippen molar-refractivity contribution >= 4 is 9.84 Å². The fourth-order valence-electron chi connectivity index (χ4n) is 2.67. The average molecular weight is 604 g/mol. The fraction of sp³-hybridized carbons (Fsp3) is 0.118. The number of hydrogen-bond donors (Lipinski definition) is 0. The molecule has 2 aromatic rings. The van der Waals surface area contributed by atoms with Crippen LogP contribution in [-0.2, 0) is 16.3 Å². The second-order valence-electron chi connectivity index (χ2n) is 5.22.